The molecule has 0 aliphatic carbocycles. The molecule has 2 N–H and O–H groups in total. The number of amides is 3. The first-order chi connectivity index (χ1) is 9.56. The lowest BCUT2D eigenvalue weighted by Gasteiger charge is -2.37. The molecular formula is C13H21N3O4. The smallest absolute Gasteiger partial charge is 0.326 e. The van der Waals surface area contributed by atoms with Gasteiger partial charge in [0, 0.05) is 20.1 Å². The second-order valence-electron chi connectivity index (χ2n) is 5.29. The molecule has 1 unspecified atom stereocenters. The Morgan fingerprint density at radius 3 is 2.25 bits per heavy atom. The van der Waals surface area contributed by atoms with Gasteiger partial charge in [-0.05, 0) is 32.1 Å². The van der Waals surface area contributed by atoms with E-state index in [9.17, 15) is 14.4 Å². The van der Waals surface area contributed by atoms with Gasteiger partial charge in [0.15, 0.2) is 0 Å². The van der Waals surface area contributed by atoms with Crippen LogP contribution in [0.3, 0.4) is 0 Å². The molecule has 3 amide bonds. The van der Waals surface area contributed by atoms with Crippen molar-refractivity contribution in [1.82, 2.24) is 15.1 Å². The molecule has 0 radical (unpaired) electrons. The Bertz CT molecular complexity index is 412. The van der Waals surface area contributed by atoms with Crippen LogP contribution in [-0.4, -0.2) is 65.0 Å². The zero-order valence-electron chi connectivity index (χ0n) is 11.7. The molecule has 0 bridgehead atoms. The molecule has 2 fully saturated rings. The van der Waals surface area contributed by atoms with Crippen LogP contribution in [0.1, 0.15) is 32.1 Å². The number of hydrogen-bond acceptors (Lipinski definition) is 3. The van der Waals surface area contributed by atoms with Gasteiger partial charge < -0.3 is 20.2 Å². The van der Waals surface area contributed by atoms with Crippen molar-refractivity contribution in [2.75, 3.05) is 20.1 Å². The van der Waals surface area contributed by atoms with Gasteiger partial charge >= 0.3 is 12.0 Å². The van der Waals surface area contributed by atoms with Gasteiger partial charge in [-0.1, -0.05) is 0 Å². The van der Waals surface area contributed by atoms with Crippen LogP contribution >= 0.6 is 0 Å². The number of likely N-dealkylation sites (tertiary alicyclic amines) is 2. The third kappa shape index (κ3) is 2.71. The van der Waals surface area contributed by atoms with E-state index in [2.05, 4.69) is 5.32 Å². The van der Waals surface area contributed by atoms with Crippen molar-refractivity contribution in [2.45, 2.75) is 44.2 Å². The van der Waals surface area contributed by atoms with E-state index in [0.29, 0.717) is 32.4 Å². The molecule has 7 heteroatoms. The average molecular weight is 283 g/mol. The van der Waals surface area contributed by atoms with E-state index in [0.717, 1.165) is 12.8 Å². The minimum atomic E-state index is -0.968. The SMILES string of the molecule is CNC(=O)C1CCCCN1C(=O)N1CCC[C@@H]1C(=O)O. The van der Waals surface area contributed by atoms with Crippen LogP contribution in [0.4, 0.5) is 4.79 Å². The number of hydrogen-bond donors (Lipinski definition) is 2. The largest absolute Gasteiger partial charge is 0.480 e. The number of rotatable bonds is 2. The average Bonchev–Trinajstić information content (AvgIpc) is 2.95. The number of carboxylic acids is 1. The lowest BCUT2D eigenvalue weighted by atomic mass is 10.0. The Kier molecular flexibility index (Phi) is 4.46. The molecular weight excluding hydrogens is 262 g/mol. The molecule has 2 aliphatic rings. The van der Waals surface area contributed by atoms with E-state index in [1.54, 1.807) is 7.05 Å². The van der Waals surface area contributed by atoms with Crippen molar-refractivity contribution >= 4 is 17.9 Å². The van der Waals surface area contributed by atoms with Gasteiger partial charge in [0.05, 0.1) is 0 Å². The van der Waals surface area contributed by atoms with Crippen LogP contribution in [0.2, 0.25) is 0 Å². The van der Waals surface area contributed by atoms with Gasteiger partial charge in [-0.15, -0.1) is 0 Å². The third-order valence-electron chi connectivity index (χ3n) is 4.08. The van der Waals surface area contributed by atoms with Crippen LogP contribution in [-0.2, 0) is 9.59 Å². The third-order valence-corrected chi connectivity index (χ3v) is 4.08. The summed E-state index contributed by atoms with van der Waals surface area (Å²) < 4.78 is 0. The molecule has 2 aliphatic heterocycles. The van der Waals surface area contributed by atoms with Gasteiger partial charge in [-0.3, -0.25) is 4.79 Å². The Balaban J connectivity index is 2.13. The summed E-state index contributed by atoms with van der Waals surface area (Å²) in [5, 5.41) is 11.7. The maximum Gasteiger partial charge on any atom is 0.326 e. The van der Waals surface area contributed by atoms with Crippen LogP contribution in [0.25, 0.3) is 0 Å². The van der Waals surface area contributed by atoms with Crippen molar-refractivity contribution < 1.29 is 19.5 Å². The molecule has 0 aromatic carbocycles. The van der Waals surface area contributed by atoms with Gasteiger partial charge in [-0.25, -0.2) is 9.59 Å². The maximum absolute atomic E-state index is 12.6. The predicted molar refractivity (Wildman–Crippen MR) is 71.2 cm³/mol. The fraction of sp³-hybridized carbons (Fsp3) is 0.769. The number of likely N-dealkylation sites (N-methyl/N-ethyl adjacent to an activating group) is 1. The van der Waals surface area contributed by atoms with Crippen LogP contribution < -0.4 is 5.32 Å². The van der Waals surface area contributed by atoms with E-state index in [-0.39, 0.29) is 11.9 Å². The monoisotopic (exact) mass is 283 g/mol. The lowest BCUT2D eigenvalue weighted by Crippen LogP contribution is -2.56. The Labute approximate surface area is 117 Å². The highest BCUT2D eigenvalue weighted by Crippen LogP contribution is 2.24. The number of carbonyl (C=O) groups excluding carboxylic acids is 2. The van der Waals surface area contributed by atoms with E-state index in [4.69, 9.17) is 5.11 Å². The number of carboxylic acid groups (broad SMARTS) is 1. The summed E-state index contributed by atoms with van der Waals surface area (Å²) in [5.41, 5.74) is 0. The van der Waals surface area contributed by atoms with Gasteiger partial charge in [0.1, 0.15) is 12.1 Å². The number of piperidine rings is 1. The molecule has 2 heterocycles. The minimum Gasteiger partial charge on any atom is -0.480 e. The quantitative estimate of drug-likeness (QED) is 0.760. The fourth-order valence-electron chi connectivity index (χ4n) is 3.02. The number of nitrogens with one attached hydrogen (secondary N) is 1. The highest BCUT2D eigenvalue weighted by atomic mass is 16.4. The first-order valence-electron chi connectivity index (χ1n) is 7.08. The first kappa shape index (κ1) is 14.6. The predicted octanol–water partition coefficient (Wildman–Crippen LogP) is 0.256. The first-order valence-corrected chi connectivity index (χ1v) is 7.08. The lowest BCUT2D eigenvalue weighted by molar-refractivity contribution is -0.141. The molecule has 2 atom stereocenters. The number of aliphatic carboxylic acids is 1. The van der Waals surface area contributed by atoms with E-state index in [1.165, 1.54) is 9.80 Å². The van der Waals surface area contributed by atoms with E-state index in [1.807, 2.05) is 0 Å². The van der Waals surface area contributed by atoms with Gasteiger partial charge in [0.2, 0.25) is 5.91 Å². The number of carbonyl (C=O) groups is 3. The van der Waals surface area contributed by atoms with Crippen molar-refractivity contribution in [3.05, 3.63) is 0 Å². The Hall–Kier alpha value is -1.79. The molecule has 0 spiro atoms. The Morgan fingerprint density at radius 2 is 1.60 bits per heavy atom. The molecule has 2 rings (SSSR count). The van der Waals surface area contributed by atoms with Gasteiger partial charge in [-0.2, -0.15) is 0 Å². The zero-order chi connectivity index (χ0) is 14.7. The summed E-state index contributed by atoms with van der Waals surface area (Å²) in [4.78, 5) is 38.5. The summed E-state index contributed by atoms with van der Waals surface area (Å²) in [6, 6.07) is -1.55. The summed E-state index contributed by atoms with van der Waals surface area (Å²) in [7, 11) is 1.55. The van der Waals surface area contributed by atoms with Crippen LogP contribution in [0.5, 0.6) is 0 Å². The van der Waals surface area contributed by atoms with Crippen molar-refractivity contribution in [2.24, 2.45) is 0 Å². The molecule has 7 nitrogen and oxygen atoms in total. The van der Waals surface area contributed by atoms with E-state index < -0.39 is 18.1 Å². The number of urea groups is 1. The highest BCUT2D eigenvalue weighted by molar-refractivity contribution is 5.89. The van der Waals surface area contributed by atoms with Gasteiger partial charge in [0.25, 0.3) is 0 Å². The molecule has 112 valence electrons. The Morgan fingerprint density at radius 1 is 1.00 bits per heavy atom. The van der Waals surface area contributed by atoms with Crippen molar-refractivity contribution in [1.29, 1.82) is 0 Å². The van der Waals surface area contributed by atoms with Crippen LogP contribution in [0.15, 0.2) is 0 Å². The van der Waals surface area contributed by atoms with Crippen LogP contribution in [0, 0.1) is 0 Å². The zero-order valence-corrected chi connectivity index (χ0v) is 11.7. The summed E-state index contributed by atoms with van der Waals surface area (Å²) in [6.07, 6.45) is 3.58. The highest BCUT2D eigenvalue weighted by Gasteiger charge is 2.40. The van der Waals surface area contributed by atoms with Crippen molar-refractivity contribution in [3.8, 4) is 0 Å². The topological polar surface area (TPSA) is 90.0 Å². The molecule has 0 aromatic heterocycles. The normalized spacial score (nSPS) is 26.4. The molecule has 0 aromatic rings. The second-order valence-corrected chi connectivity index (χ2v) is 5.29. The maximum atomic E-state index is 12.6. The van der Waals surface area contributed by atoms with E-state index >= 15 is 0 Å². The fourth-order valence-corrected chi connectivity index (χ4v) is 3.02. The molecule has 20 heavy (non-hydrogen) atoms. The molecule has 2 saturated heterocycles. The second kappa shape index (κ2) is 6.11. The van der Waals surface area contributed by atoms with Crippen molar-refractivity contribution in [3.63, 3.8) is 0 Å². The standard InChI is InChI=1S/C13H21N3O4/c1-14-11(17)9-5-2-3-7-15(9)13(20)16-8-4-6-10(16)12(18)19/h9-10H,2-8H2,1H3,(H,14,17)(H,18,19)/t9?,10-/m1/s1. The molecule has 0 saturated carbocycles. The summed E-state index contributed by atoms with van der Waals surface area (Å²) in [5.74, 6) is -1.14. The summed E-state index contributed by atoms with van der Waals surface area (Å²) in [6.45, 7) is 0.965. The number of nitrogens with zero attached hydrogens (tertiary/aromatic N) is 2. The minimum absolute atomic E-state index is 0.177. The summed E-state index contributed by atoms with van der Waals surface area (Å²) >= 11 is 0.